The van der Waals surface area contributed by atoms with Gasteiger partial charge in [0.1, 0.15) is 78.4 Å². The summed E-state index contributed by atoms with van der Waals surface area (Å²) >= 11 is 0. The van der Waals surface area contributed by atoms with Gasteiger partial charge in [0, 0.05) is 30.4 Å². The molecule has 77 heavy (non-hydrogen) atoms. The molecule has 14 N–H and O–H groups in total. The summed E-state index contributed by atoms with van der Waals surface area (Å²) in [5.74, 6) is -5.98. The summed E-state index contributed by atoms with van der Waals surface area (Å²) in [6.45, 7) is -2.27. The highest BCUT2D eigenvalue weighted by molar-refractivity contribution is 5.89. The second-order valence-electron chi connectivity index (χ2n) is 17.7. The number of methoxy groups -OCH3 is 1. The minimum absolute atomic E-state index is 0.0384. The molecule has 0 bridgehead atoms. The minimum atomic E-state index is -2.14. The Balaban J connectivity index is 1.16. The maximum absolute atomic E-state index is 13.3. The standard InChI is InChI=1S/C51H52O26/c1-68-34-13-22(3-8-28(34)56)5-11-39(61)76-47-40(62)31(59)19-70-50(47)77-48-44(66)42(64)37(20-69-38(60)10-4-21-2-7-26(54)29(57)12-21)75-51(48)73-35-17-25-32(71-46(35)23-6-9-27(55)30(58)14-23)15-24(53)16-33(25)72-49-45(67)43(65)41(63)36(18-52)74-49/h2-17,31,36-37,40-45,47-52,59,62-67H,18-20H2,1H3,(H5-,53,54,55,56,57,58,60,61)/p+1/t31-,36-,37-,40+,41-,42-,43+,44+,45-,47-,48-,49-,50+,51-/m1/s1. The van der Waals surface area contributed by atoms with Gasteiger partial charge in [0.05, 0.1) is 32.0 Å². The van der Waals surface area contributed by atoms with Crippen molar-refractivity contribution in [2.24, 2.45) is 0 Å². The molecule has 5 aromatic rings. The summed E-state index contributed by atoms with van der Waals surface area (Å²) in [7, 11) is 1.31. The Labute approximate surface area is 434 Å². The summed E-state index contributed by atoms with van der Waals surface area (Å²) in [6.07, 6.45) is -21.7. The number of hydrogen-bond donors (Lipinski definition) is 14. The van der Waals surface area contributed by atoms with Crippen molar-refractivity contribution in [1.29, 1.82) is 0 Å². The third kappa shape index (κ3) is 12.5. The molecule has 3 aliphatic rings. The molecule has 4 heterocycles. The van der Waals surface area contributed by atoms with Crippen LogP contribution in [-0.4, -0.2) is 196 Å². The molecule has 3 fully saturated rings. The van der Waals surface area contributed by atoms with Crippen molar-refractivity contribution in [3.63, 3.8) is 0 Å². The lowest BCUT2D eigenvalue weighted by atomic mass is 9.98. The minimum Gasteiger partial charge on any atom is -0.507 e. The molecular formula is C51H53O26+. The number of aliphatic hydroxyl groups is 8. The summed E-state index contributed by atoms with van der Waals surface area (Å²) in [5.41, 5.74) is 0.385. The first-order valence-corrected chi connectivity index (χ1v) is 23.3. The van der Waals surface area contributed by atoms with Gasteiger partial charge >= 0.3 is 23.3 Å². The van der Waals surface area contributed by atoms with E-state index < -0.39 is 152 Å². The van der Waals surface area contributed by atoms with Gasteiger partial charge in [-0.3, -0.25) is 0 Å². The molecule has 3 aliphatic heterocycles. The molecule has 1 aromatic heterocycles. The van der Waals surface area contributed by atoms with Crippen LogP contribution in [-0.2, 0) is 38.0 Å². The fraction of sp³-hybridized carbons (Fsp3) is 0.353. The first-order valence-electron chi connectivity index (χ1n) is 23.3. The van der Waals surface area contributed by atoms with Crippen LogP contribution in [0.2, 0.25) is 0 Å². The average Bonchev–Trinajstić information content (AvgIpc) is 3.42. The molecule has 0 unspecified atom stereocenters. The van der Waals surface area contributed by atoms with E-state index in [1.807, 2.05) is 0 Å². The van der Waals surface area contributed by atoms with Crippen LogP contribution in [0.25, 0.3) is 34.4 Å². The normalized spacial score (nSPS) is 28.6. The van der Waals surface area contributed by atoms with Gasteiger partial charge in [0.15, 0.2) is 53.0 Å². The highest BCUT2D eigenvalue weighted by Gasteiger charge is 2.52. The molecule has 0 amide bonds. The largest absolute Gasteiger partial charge is 0.507 e. The van der Waals surface area contributed by atoms with Crippen molar-refractivity contribution in [3.05, 3.63) is 96.1 Å². The van der Waals surface area contributed by atoms with Crippen molar-refractivity contribution in [2.75, 3.05) is 26.9 Å². The molecule has 0 saturated carbocycles. The highest BCUT2D eigenvalue weighted by Crippen LogP contribution is 2.44. The zero-order valence-electron chi connectivity index (χ0n) is 40.1. The SMILES string of the molecule is COc1cc(C=CC(=O)O[C@H]2[C@H](O[C@H]3[C@H](Oc4cc5c(O[C@@H]6O[C@H](CO)[C@@H](O)[C@H](O)[C@H]6O)cc(O)cc5[o+]c4-c4ccc(O)c(O)c4)O[C@H](COC(=O)C=Cc4ccc(O)c(O)c4)[C@@H](O)[C@@H]3O)OC[C@@H](O)[C@@H]2O)ccc1O. The summed E-state index contributed by atoms with van der Waals surface area (Å²) in [6, 6.07) is 14.5. The number of fused-ring (bicyclic) bond motifs is 1. The molecule has 3 saturated heterocycles. The Morgan fingerprint density at radius 3 is 1.94 bits per heavy atom. The van der Waals surface area contributed by atoms with Crippen molar-refractivity contribution in [1.82, 2.24) is 0 Å². The van der Waals surface area contributed by atoms with Crippen LogP contribution in [0.3, 0.4) is 0 Å². The van der Waals surface area contributed by atoms with Crippen LogP contribution in [0.1, 0.15) is 11.1 Å². The van der Waals surface area contributed by atoms with Crippen LogP contribution in [0, 0.1) is 0 Å². The zero-order valence-corrected chi connectivity index (χ0v) is 40.1. The van der Waals surface area contributed by atoms with Gasteiger partial charge in [0.25, 0.3) is 0 Å². The number of ether oxygens (including phenoxy) is 9. The predicted molar refractivity (Wildman–Crippen MR) is 257 cm³/mol. The zero-order chi connectivity index (χ0) is 55.4. The molecular weight excluding hydrogens is 1030 g/mol. The van der Waals surface area contributed by atoms with E-state index in [0.29, 0.717) is 5.56 Å². The first kappa shape index (κ1) is 55.7. The lowest BCUT2D eigenvalue weighted by molar-refractivity contribution is -0.345. The topological polar surface area (TPSA) is 412 Å². The number of rotatable bonds is 16. The Hall–Kier alpha value is -7.57. The number of carbonyl (C=O) groups excluding carboxylic acids is 2. The third-order valence-corrected chi connectivity index (χ3v) is 12.4. The van der Waals surface area contributed by atoms with Gasteiger partial charge in [-0.1, -0.05) is 12.1 Å². The third-order valence-electron chi connectivity index (χ3n) is 12.4. The van der Waals surface area contributed by atoms with Crippen molar-refractivity contribution in [3.8, 4) is 63.1 Å². The summed E-state index contributed by atoms with van der Waals surface area (Å²) < 4.78 is 58.0. The Kier molecular flexibility index (Phi) is 17.2. The predicted octanol–water partition coefficient (Wildman–Crippen LogP) is -0.0276. The molecule has 0 aliphatic carbocycles. The number of carbonyl (C=O) groups is 2. The van der Waals surface area contributed by atoms with E-state index >= 15 is 0 Å². The quantitative estimate of drug-likeness (QED) is 0.0267. The van der Waals surface area contributed by atoms with Gasteiger partial charge < -0.3 is 114 Å². The molecule has 26 heteroatoms. The fourth-order valence-electron chi connectivity index (χ4n) is 8.24. The van der Waals surface area contributed by atoms with E-state index in [1.165, 1.54) is 61.7 Å². The number of aromatic hydroxyl groups is 6. The Morgan fingerprint density at radius 1 is 0.610 bits per heavy atom. The maximum atomic E-state index is 13.3. The molecule has 26 nitrogen and oxygen atoms in total. The molecule has 0 spiro atoms. The van der Waals surface area contributed by atoms with E-state index in [9.17, 15) is 81.1 Å². The first-order chi connectivity index (χ1) is 36.7. The maximum Gasteiger partial charge on any atom is 0.402 e. The monoisotopic (exact) mass is 1080 g/mol. The fourth-order valence-corrected chi connectivity index (χ4v) is 8.24. The van der Waals surface area contributed by atoms with Crippen molar-refractivity contribution in [2.45, 2.75) is 86.0 Å². The van der Waals surface area contributed by atoms with Gasteiger partial charge in [-0.25, -0.2) is 14.0 Å². The number of esters is 2. The summed E-state index contributed by atoms with van der Waals surface area (Å²) in [5, 5.41) is 148. The van der Waals surface area contributed by atoms with Gasteiger partial charge in [0.2, 0.25) is 18.3 Å². The Bertz CT molecular complexity index is 2980. The molecule has 8 rings (SSSR count). The van der Waals surface area contributed by atoms with Crippen molar-refractivity contribution < 1.29 is 128 Å². The number of hydrogen-bond acceptors (Lipinski definition) is 25. The second-order valence-corrected chi connectivity index (χ2v) is 17.7. The second kappa shape index (κ2) is 23.8. The van der Waals surface area contributed by atoms with E-state index in [2.05, 4.69) is 0 Å². The molecule has 0 radical (unpaired) electrons. The van der Waals surface area contributed by atoms with E-state index in [0.717, 1.165) is 42.5 Å². The van der Waals surface area contributed by atoms with Gasteiger partial charge in [-0.05, 0) is 59.7 Å². The van der Waals surface area contributed by atoms with Crippen LogP contribution in [0.5, 0.6) is 51.7 Å². The van der Waals surface area contributed by atoms with E-state index in [4.69, 9.17) is 47.0 Å². The van der Waals surface area contributed by atoms with Crippen LogP contribution < -0.4 is 14.2 Å². The van der Waals surface area contributed by atoms with Gasteiger partial charge in [-0.2, -0.15) is 0 Å². The number of aliphatic hydroxyl groups excluding tert-OH is 8. The smallest absolute Gasteiger partial charge is 0.402 e. The molecule has 14 atom stereocenters. The highest BCUT2D eigenvalue weighted by atomic mass is 16.8. The van der Waals surface area contributed by atoms with Crippen molar-refractivity contribution >= 4 is 35.1 Å². The summed E-state index contributed by atoms with van der Waals surface area (Å²) in [4.78, 5) is 26.3. The molecule has 4 aromatic carbocycles. The lowest BCUT2D eigenvalue weighted by Crippen LogP contribution is -2.64. The molecule has 412 valence electrons. The van der Waals surface area contributed by atoms with Crippen LogP contribution in [0.4, 0.5) is 0 Å². The number of phenolic OH excluding ortho intramolecular Hbond substituents is 6. The average molecular weight is 1080 g/mol. The lowest BCUT2D eigenvalue weighted by Gasteiger charge is -2.45. The Morgan fingerprint density at radius 2 is 1.25 bits per heavy atom. The van der Waals surface area contributed by atoms with Crippen LogP contribution >= 0.6 is 0 Å². The number of benzene rings is 4. The van der Waals surface area contributed by atoms with E-state index in [-0.39, 0.29) is 45.1 Å². The van der Waals surface area contributed by atoms with Crippen LogP contribution in [0.15, 0.2) is 89.4 Å². The van der Waals surface area contributed by atoms with Gasteiger partial charge in [-0.15, -0.1) is 0 Å². The van der Waals surface area contributed by atoms with E-state index in [1.54, 1.807) is 0 Å². The number of phenols is 6.